The van der Waals surface area contributed by atoms with Crippen LogP contribution in [0.4, 0.5) is 0 Å². The molecule has 0 atom stereocenters. The molecule has 0 heterocycles. The van der Waals surface area contributed by atoms with Gasteiger partial charge in [0.15, 0.2) is 0 Å². The van der Waals surface area contributed by atoms with Crippen LogP contribution in [0.5, 0.6) is 0 Å². The molecule has 0 aliphatic rings. The number of rotatable bonds is 0. The van der Waals surface area contributed by atoms with Crippen LogP contribution in [0.15, 0.2) is 30.3 Å². The smallest absolute Gasteiger partial charge is 0.171 e. The zero-order valence-corrected chi connectivity index (χ0v) is 5.65. The Morgan fingerprint density at radius 2 is 1.50 bits per heavy atom. The van der Waals surface area contributed by atoms with Crippen molar-refractivity contribution < 1.29 is 15.6 Å². The molecule has 0 saturated carbocycles. The average Bonchev–Trinajstić information content (AvgIpc) is 1.96. The fraction of sp³-hybridized carbons (Fsp3) is 0. The summed E-state index contributed by atoms with van der Waals surface area (Å²) in [4.78, 5) is 0. The minimum absolute atomic E-state index is 1.88. The summed E-state index contributed by atoms with van der Waals surface area (Å²) < 4.78 is 0. The maximum absolute atomic E-state index is 3.06. The summed E-state index contributed by atoms with van der Waals surface area (Å²) in [6.07, 6.45) is 0. The van der Waals surface area contributed by atoms with Crippen molar-refractivity contribution in [2.45, 2.75) is 0 Å². The molecule has 8 heavy (non-hydrogen) atoms. The summed E-state index contributed by atoms with van der Waals surface area (Å²) >= 11 is 2.69. The van der Waals surface area contributed by atoms with E-state index in [1.165, 1.54) is 0 Å². The van der Waals surface area contributed by atoms with E-state index in [0.29, 0.717) is 0 Å². The quantitative estimate of drug-likeness (QED) is 0.384. The van der Waals surface area contributed by atoms with E-state index < -0.39 is 0 Å². The molecule has 0 aliphatic heterocycles. The molecule has 0 bridgehead atoms. The summed E-state index contributed by atoms with van der Waals surface area (Å²) in [5.74, 6) is 0. The second-order valence-electron chi connectivity index (χ2n) is 1.08. The van der Waals surface area contributed by atoms with E-state index in [9.17, 15) is 0 Å². The van der Waals surface area contributed by atoms with Gasteiger partial charge in [0.2, 0.25) is 0 Å². The van der Waals surface area contributed by atoms with Crippen molar-refractivity contribution in [3.05, 3.63) is 36.4 Å². The van der Waals surface area contributed by atoms with Crippen LogP contribution in [-0.4, -0.2) is 5.42 Å². The van der Waals surface area contributed by atoms with E-state index in [2.05, 4.69) is 27.1 Å². The van der Waals surface area contributed by atoms with Crippen LogP contribution in [0.25, 0.3) is 0 Å². The molecule has 0 spiro atoms. The van der Waals surface area contributed by atoms with Crippen LogP contribution >= 0.6 is 0 Å². The summed E-state index contributed by atoms with van der Waals surface area (Å²) in [6, 6.07) is 12.5. The number of hydrogen-bond donors (Lipinski definition) is 0. The van der Waals surface area contributed by atoms with Crippen molar-refractivity contribution in [2.24, 2.45) is 0 Å². The van der Waals surface area contributed by atoms with Crippen molar-refractivity contribution in [2.75, 3.05) is 0 Å². The molecule has 0 aliphatic carbocycles. The van der Waals surface area contributed by atoms with Gasteiger partial charge in [-0.05, 0) is 0 Å². The van der Waals surface area contributed by atoms with Crippen molar-refractivity contribution >= 4 is 5.42 Å². The normalized spacial score (nSPS) is 6.50. The van der Waals surface area contributed by atoms with E-state index >= 15 is 0 Å². The van der Waals surface area contributed by atoms with Crippen LogP contribution < -0.4 is 0 Å². The summed E-state index contributed by atoms with van der Waals surface area (Å²) in [6.45, 7) is 0. The van der Waals surface area contributed by atoms with Gasteiger partial charge in [-0.1, -0.05) is 0 Å². The molecule has 0 radical (unpaired) electrons. The van der Waals surface area contributed by atoms with Gasteiger partial charge in [0.25, 0.3) is 0 Å². The van der Waals surface area contributed by atoms with Gasteiger partial charge >= 0.3 is 21.0 Å². The van der Waals surface area contributed by atoms with Gasteiger partial charge in [-0.2, -0.15) is 36.4 Å². The minimum atomic E-state index is 1.88. The van der Waals surface area contributed by atoms with E-state index in [4.69, 9.17) is 0 Å². The Kier molecular flexibility index (Phi) is 6.29. The van der Waals surface area contributed by atoms with Crippen molar-refractivity contribution in [3.63, 3.8) is 0 Å². The maximum atomic E-state index is 3.06. The Morgan fingerprint density at radius 3 is 1.62 bits per heavy atom. The van der Waals surface area contributed by atoms with Crippen LogP contribution in [0.3, 0.4) is 0 Å². The Bertz CT molecular complexity index is 87.2. The largest absolute Gasteiger partial charge is 0.184 e. The molecule has 0 saturated heterocycles. The standard InChI is InChI=1S/C6H5.CH2.Mn/c1-2-4-6-5-3-1;;/h1-5H;1H2;/q-1;;. The van der Waals surface area contributed by atoms with Crippen molar-refractivity contribution in [1.82, 2.24) is 0 Å². The summed E-state index contributed by atoms with van der Waals surface area (Å²) in [5.41, 5.74) is 3.06. The fourth-order valence-electron chi connectivity index (χ4n) is 0.342. The van der Waals surface area contributed by atoms with Gasteiger partial charge in [0.05, 0.1) is 0 Å². The summed E-state index contributed by atoms with van der Waals surface area (Å²) in [5, 5.41) is 0. The third-order valence-electron chi connectivity index (χ3n) is 0.607. The van der Waals surface area contributed by atoms with Crippen LogP contribution in [0, 0.1) is 6.07 Å². The van der Waals surface area contributed by atoms with Crippen LogP contribution in [0.2, 0.25) is 0 Å². The Morgan fingerprint density at radius 1 is 1.00 bits per heavy atom. The molecule has 1 aromatic carbocycles. The first-order chi connectivity index (χ1) is 4.00. The molecule has 1 heteroatoms. The first kappa shape index (κ1) is 7.61. The molecule has 0 nitrogen and oxygen atoms in total. The topological polar surface area (TPSA) is 0 Å². The zero-order valence-electron chi connectivity index (χ0n) is 4.47. The number of benzene rings is 1. The predicted molar refractivity (Wildman–Crippen MR) is 32.4 cm³/mol. The van der Waals surface area contributed by atoms with Gasteiger partial charge in [0, 0.05) is 0 Å². The van der Waals surface area contributed by atoms with E-state index in [-0.39, 0.29) is 0 Å². The predicted octanol–water partition coefficient (Wildman–Crippen LogP) is 1.45. The van der Waals surface area contributed by atoms with Crippen LogP contribution in [0.1, 0.15) is 0 Å². The van der Waals surface area contributed by atoms with Crippen molar-refractivity contribution in [3.8, 4) is 0 Å². The Hall–Kier alpha value is -0.391. The van der Waals surface area contributed by atoms with Gasteiger partial charge in [-0.25, -0.2) is 0 Å². The monoisotopic (exact) mass is 146 g/mol. The van der Waals surface area contributed by atoms with E-state index in [0.717, 1.165) is 0 Å². The van der Waals surface area contributed by atoms with Gasteiger partial charge < -0.3 is 0 Å². The molecule has 0 amide bonds. The number of hydrogen-bond acceptors (Lipinski definition) is 0. The Balaban J connectivity index is 0.000000222. The van der Waals surface area contributed by atoms with Gasteiger partial charge in [0.1, 0.15) is 0 Å². The molecule has 0 unspecified atom stereocenters. The van der Waals surface area contributed by atoms with E-state index in [1.54, 1.807) is 0 Å². The SMILES string of the molecule is [CH2]=[Mn].[c-]1ccccc1. The van der Waals surface area contributed by atoms with Gasteiger partial charge in [-0.15, -0.1) is 0 Å². The maximum Gasteiger partial charge on any atom is -0.171 e. The molecule has 43 valence electrons. The minimum Gasteiger partial charge on any atom is -0.184 e. The zero-order chi connectivity index (χ0) is 6.24. The molecular weight excluding hydrogens is 139 g/mol. The third kappa shape index (κ3) is 3.79. The first-order valence-electron chi connectivity index (χ1n) is 2.18. The molecular formula is C7H7Mn-. The van der Waals surface area contributed by atoms with Gasteiger partial charge in [-0.3, -0.25) is 0 Å². The first-order valence-corrected chi connectivity index (χ1v) is 3.01. The third-order valence-corrected chi connectivity index (χ3v) is 0.607. The molecule has 0 fully saturated rings. The second-order valence-corrected chi connectivity index (χ2v) is 1.08. The molecule has 0 N–H and O–H groups in total. The Labute approximate surface area is 57.9 Å². The molecule has 1 aromatic rings. The second kappa shape index (κ2) is 6.61. The summed E-state index contributed by atoms with van der Waals surface area (Å²) in [7, 11) is 0. The molecule has 0 aromatic heterocycles. The van der Waals surface area contributed by atoms with E-state index in [1.807, 2.05) is 30.3 Å². The van der Waals surface area contributed by atoms with Crippen LogP contribution in [-0.2, 0) is 15.6 Å². The van der Waals surface area contributed by atoms with Crippen molar-refractivity contribution in [1.29, 1.82) is 0 Å². The molecule has 1 rings (SSSR count). The fourth-order valence-corrected chi connectivity index (χ4v) is 0.342. The average molecular weight is 146 g/mol.